The molecule has 0 atom stereocenters. The summed E-state index contributed by atoms with van der Waals surface area (Å²) < 4.78 is 10.8. The topological polar surface area (TPSA) is 17.1 Å². The van der Waals surface area contributed by atoms with E-state index in [0.29, 0.717) is 0 Å². The summed E-state index contributed by atoms with van der Waals surface area (Å²) in [7, 11) is -1.08. The maximum atomic E-state index is 10.8. The first kappa shape index (κ1) is 11.8. The van der Waals surface area contributed by atoms with E-state index in [1.54, 1.807) is 0 Å². The van der Waals surface area contributed by atoms with E-state index in [1.165, 1.54) is 5.82 Å². The van der Waals surface area contributed by atoms with E-state index in [1.807, 2.05) is 6.08 Å². The van der Waals surface area contributed by atoms with Crippen molar-refractivity contribution in [2.75, 3.05) is 0 Å². The normalized spacial score (nSPS) is 14.3. The lowest BCUT2D eigenvalue weighted by atomic mass is 10.8. The van der Waals surface area contributed by atoms with Gasteiger partial charge in [-0.1, -0.05) is 25.7 Å². The van der Waals surface area contributed by atoms with Gasteiger partial charge in [-0.15, -0.1) is 0 Å². The molecule has 0 fully saturated rings. The minimum Gasteiger partial charge on any atom is -0.285 e. The molecule has 66 valence electrons. The van der Waals surface area contributed by atoms with Crippen molar-refractivity contribution in [3.05, 3.63) is 11.9 Å². The van der Waals surface area contributed by atoms with E-state index >= 15 is 0 Å². The second kappa shape index (κ2) is 4.13. The fourth-order valence-corrected chi connectivity index (χ4v) is 2.38. The molecule has 0 unspecified atom stereocenters. The SMILES string of the molecule is C[Si](C)(C)CC=CP(=O)(Cl)Cl. The molecule has 0 aromatic heterocycles. The Kier molecular flexibility index (Phi) is 4.42. The molecule has 0 aliphatic carbocycles. The number of hydrogen-bond donors (Lipinski definition) is 0. The zero-order chi connectivity index (χ0) is 9.12. The van der Waals surface area contributed by atoms with Gasteiger partial charge in [-0.25, -0.2) is 0 Å². The van der Waals surface area contributed by atoms with Crippen molar-refractivity contribution in [1.29, 1.82) is 0 Å². The Morgan fingerprint density at radius 2 is 1.82 bits per heavy atom. The highest BCUT2D eigenvalue weighted by molar-refractivity contribution is 8.10. The van der Waals surface area contributed by atoms with Crippen LogP contribution in [0.25, 0.3) is 0 Å². The lowest BCUT2D eigenvalue weighted by Crippen LogP contribution is -2.17. The van der Waals surface area contributed by atoms with Crippen molar-refractivity contribution in [3.8, 4) is 0 Å². The Bertz CT molecular complexity index is 191. The van der Waals surface area contributed by atoms with Crippen LogP contribution in [0.1, 0.15) is 0 Å². The van der Waals surface area contributed by atoms with Crippen molar-refractivity contribution in [3.63, 3.8) is 0 Å². The molecule has 0 aliphatic rings. The van der Waals surface area contributed by atoms with Crippen LogP contribution in [0.3, 0.4) is 0 Å². The van der Waals surface area contributed by atoms with Gasteiger partial charge >= 0.3 is 0 Å². The van der Waals surface area contributed by atoms with Crippen LogP contribution in [-0.2, 0) is 4.57 Å². The first-order valence-corrected chi connectivity index (χ1v) is 10.7. The monoisotopic (exact) mass is 230 g/mol. The lowest BCUT2D eigenvalue weighted by molar-refractivity contribution is 0.597. The van der Waals surface area contributed by atoms with Crippen molar-refractivity contribution in [1.82, 2.24) is 0 Å². The zero-order valence-corrected chi connectivity index (χ0v) is 10.4. The van der Waals surface area contributed by atoms with E-state index in [0.717, 1.165) is 6.04 Å². The molecule has 0 saturated heterocycles. The van der Waals surface area contributed by atoms with Crippen molar-refractivity contribution < 1.29 is 4.57 Å². The predicted octanol–water partition coefficient (Wildman–Crippen LogP) is 4.51. The largest absolute Gasteiger partial charge is 0.285 e. The van der Waals surface area contributed by atoms with Gasteiger partial charge in [0.25, 0.3) is 5.85 Å². The fraction of sp³-hybridized carbons (Fsp3) is 0.667. The third kappa shape index (κ3) is 10.8. The third-order valence-electron chi connectivity index (χ3n) is 1.01. The summed E-state index contributed by atoms with van der Waals surface area (Å²) in [5.74, 6) is -1.55. The number of hydrogen-bond acceptors (Lipinski definition) is 1. The summed E-state index contributed by atoms with van der Waals surface area (Å²) in [4.78, 5) is 0. The van der Waals surface area contributed by atoms with Gasteiger partial charge in [-0.3, -0.25) is 4.57 Å². The minimum atomic E-state index is -2.97. The molecular formula is C6H13Cl2OPSi. The summed E-state index contributed by atoms with van der Waals surface area (Å²) in [5.41, 5.74) is 0. The maximum Gasteiger partial charge on any atom is 0.274 e. The molecule has 0 aromatic carbocycles. The maximum absolute atomic E-state index is 10.8. The van der Waals surface area contributed by atoms with Gasteiger partial charge in [0.1, 0.15) is 0 Å². The molecule has 0 saturated carbocycles. The summed E-state index contributed by atoms with van der Waals surface area (Å²) >= 11 is 10.6. The van der Waals surface area contributed by atoms with Crippen LogP contribution in [0.4, 0.5) is 0 Å². The molecular weight excluding hydrogens is 218 g/mol. The van der Waals surface area contributed by atoms with Crippen LogP contribution in [-0.4, -0.2) is 8.07 Å². The highest BCUT2D eigenvalue weighted by Gasteiger charge is 2.12. The molecule has 0 aromatic rings. The Morgan fingerprint density at radius 3 is 2.09 bits per heavy atom. The highest BCUT2D eigenvalue weighted by atomic mass is 35.9. The molecule has 0 radical (unpaired) electrons. The van der Waals surface area contributed by atoms with Crippen LogP contribution < -0.4 is 0 Å². The Hall–Kier alpha value is 0.767. The molecule has 0 heterocycles. The van der Waals surface area contributed by atoms with Crippen LogP contribution in [0, 0.1) is 0 Å². The first-order valence-electron chi connectivity index (χ1n) is 3.37. The van der Waals surface area contributed by atoms with Gasteiger partial charge in [0.2, 0.25) is 0 Å². The zero-order valence-electron chi connectivity index (χ0n) is 6.97. The molecule has 0 amide bonds. The molecule has 0 rings (SSSR count). The van der Waals surface area contributed by atoms with Gasteiger partial charge in [-0.05, 0) is 34.3 Å². The summed E-state index contributed by atoms with van der Waals surface area (Å²) in [6.07, 6.45) is 1.83. The van der Waals surface area contributed by atoms with Gasteiger partial charge in [0, 0.05) is 8.07 Å². The fourth-order valence-electron chi connectivity index (χ4n) is 0.529. The highest BCUT2D eigenvalue weighted by Crippen LogP contribution is 2.58. The Morgan fingerprint density at radius 1 is 1.36 bits per heavy atom. The van der Waals surface area contributed by atoms with E-state index in [-0.39, 0.29) is 0 Å². The quantitative estimate of drug-likeness (QED) is 0.515. The molecule has 0 bridgehead atoms. The second-order valence-corrected chi connectivity index (χ2v) is 14.0. The van der Waals surface area contributed by atoms with Crippen LogP contribution >= 0.6 is 28.3 Å². The van der Waals surface area contributed by atoms with E-state index in [4.69, 9.17) is 22.5 Å². The van der Waals surface area contributed by atoms with E-state index in [9.17, 15) is 4.57 Å². The molecule has 0 N–H and O–H groups in total. The van der Waals surface area contributed by atoms with Gasteiger partial charge < -0.3 is 0 Å². The summed E-state index contributed by atoms with van der Waals surface area (Å²) in [5, 5.41) is 0. The Balaban J connectivity index is 3.90. The summed E-state index contributed by atoms with van der Waals surface area (Å²) in [6, 6.07) is 0.969. The van der Waals surface area contributed by atoms with Crippen molar-refractivity contribution in [2.45, 2.75) is 25.7 Å². The predicted molar refractivity (Wildman–Crippen MR) is 56.6 cm³/mol. The van der Waals surface area contributed by atoms with Gasteiger partial charge in [0.15, 0.2) is 0 Å². The van der Waals surface area contributed by atoms with Crippen molar-refractivity contribution >= 4 is 36.4 Å². The van der Waals surface area contributed by atoms with E-state index < -0.39 is 13.9 Å². The van der Waals surface area contributed by atoms with Gasteiger partial charge in [0.05, 0.1) is 0 Å². The standard InChI is InChI=1S/C6H13Cl2OPSi/c1-11(2,3)6-4-5-10(7,8)9/h4-5H,6H2,1-3H3. The third-order valence-corrected chi connectivity index (χ3v) is 3.70. The second-order valence-electron chi connectivity index (χ2n) is 3.65. The first-order chi connectivity index (χ1) is 4.71. The Labute approximate surface area is 78.7 Å². The number of allylic oxidation sites excluding steroid dienone is 1. The number of rotatable bonds is 3. The average Bonchev–Trinajstić information content (AvgIpc) is 1.55. The molecule has 0 spiro atoms. The molecule has 5 heteroatoms. The minimum absolute atomic E-state index is 0.969. The van der Waals surface area contributed by atoms with Gasteiger partial charge in [-0.2, -0.15) is 0 Å². The lowest BCUT2D eigenvalue weighted by Gasteiger charge is -2.11. The summed E-state index contributed by atoms with van der Waals surface area (Å²) in [6.45, 7) is 6.68. The van der Waals surface area contributed by atoms with Crippen molar-refractivity contribution in [2.24, 2.45) is 0 Å². The van der Waals surface area contributed by atoms with E-state index in [2.05, 4.69) is 19.6 Å². The molecule has 1 nitrogen and oxygen atoms in total. The average molecular weight is 231 g/mol. The van der Waals surface area contributed by atoms with Crippen LogP contribution in [0.15, 0.2) is 11.9 Å². The van der Waals surface area contributed by atoms with Crippen LogP contribution in [0.2, 0.25) is 25.7 Å². The smallest absolute Gasteiger partial charge is 0.274 e. The van der Waals surface area contributed by atoms with Crippen LogP contribution in [0.5, 0.6) is 0 Å². The molecule has 0 aliphatic heterocycles. The number of halogens is 2. The molecule has 11 heavy (non-hydrogen) atoms.